The highest BCUT2D eigenvalue weighted by Crippen LogP contribution is 2.23. The molecule has 2 aromatic rings. The van der Waals surface area contributed by atoms with Crippen LogP contribution < -0.4 is 5.56 Å². The number of nitrogens with zero attached hydrogens (tertiary/aromatic N) is 1. The van der Waals surface area contributed by atoms with Crippen LogP contribution in [0, 0.1) is 0 Å². The van der Waals surface area contributed by atoms with E-state index in [1.807, 2.05) is 17.5 Å². The van der Waals surface area contributed by atoms with Crippen molar-refractivity contribution >= 4 is 11.3 Å². The smallest absolute Gasteiger partial charge is 0.254 e. The van der Waals surface area contributed by atoms with Crippen LogP contribution in [0.15, 0.2) is 22.3 Å². The Bertz CT molecular complexity index is 542. The van der Waals surface area contributed by atoms with E-state index in [1.54, 1.807) is 11.3 Å². The van der Waals surface area contributed by atoms with E-state index in [1.165, 1.54) is 0 Å². The Morgan fingerprint density at radius 1 is 1.40 bits per heavy atom. The van der Waals surface area contributed by atoms with E-state index in [0.717, 1.165) is 41.2 Å². The van der Waals surface area contributed by atoms with Gasteiger partial charge in [0.15, 0.2) is 5.82 Å². The van der Waals surface area contributed by atoms with Crippen LogP contribution in [0.1, 0.15) is 17.7 Å². The maximum Gasteiger partial charge on any atom is 0.254 e. The fourth-order valence-electron chi connectivity index (χ4n) is 1.97. The standard InChI is InChI=1S/C11H10N2OS/c14-11-7-3-1-4-8(7)12-10(13-11)9-5-2-6-15-9/h2,5-6H,1,3-4H2,(H,12,13,14). The normalized spacial score (nSPS) is 14.1. The minimum Gasteiger partial charge on any atom is -0.306 e. The Balaban J connectivity index is 2.20. The molecule has 0 amide bonds. The second kappa shape index (κ2) is 3.31. The van der Waals surface area contributed by atoms with Gasteiger partial charge in [0.2, 0.25) is 0 Å². The van der Waals surface area contributed by atoms with E-state index in [0.29, 0.717) is 0 Å². The van der Waals surface area contributed by atoms with Crippen molar-refractivity contribution in [3.63, 3.8) is 0 Å². The van der Waals surface area contributed by atoms with Crippen molar-refractivity contribution in [2.45, 2.75) is 19.3 Å². The van der Waals surface area contributed by atoms with E-state index in [-0.39, 0.29) is 5.56 Å². The van der Waals surface area contributed by atoms with Gasteiger partial charge in [-0.25, -0.2) is 4.98 Å². The highest BCUT2D eigenvalue weighted by atomic mass is 32.1. The molecule has 2 heterocycles. The van der Waals surface area contributed by atoms with Crippen LogP contribution in [-0.4, -0.2) is 9.97 Å². The molecular formula is C11H10N2OS. The first-order valence-corrected chi connectivity index (χ1v) is 5.88. The number of aromatic amines is 1. The Kier molecular flexibility index (Phi) is 1.95. The molecule has 0 aliphatic heterocycles. The molecule has 0 radical (unpaired) electrons. The predicted molar refractivity (Wildman–Crippen MR) is 60.2 cm³/mol. The zero-order valence-corrected chi connectivity index (χ0v) is 8.93. The minimum atomic E-state index is 0.0425. The average molecular weight is 218 g/mol. The lowest BCUT2D eigenvalue weighted by Crippen LogP contribution is -2.14. The van der Waals surface area contributed by atoms with Crippen molar-refractivity contribution in [1.29, 1.82) is 0 Å². The number of thiophene rings is 1. The third kappa shape index (κ3) is 1.41. The van der Waals surface area contributed by atoms with Crippen LogP contribution >= 0.6 is 11.3 Å². The molecular weight excluding hydrogens is 208 g/mol. The van der Waals surface area contributed by atoms with Crippen molar-refractivity contribution in [3.8, 4) is 10.7 Å². The molecule has 4 heteroatoms. The minimum absolute atomic E-state index is 0.0425. The summed E-state index contributed by atoms with van der Waals surface area (Å²) in [7, 11) is 0. The summed E-state index contributed by atoms with van der Waals surface area (Å²) in [6.45, 7) is 0. The number of nitrogens with one attached hydrogen (secondary N) is 1. The summed E-state index contributed by atoms with van der Waals surface area (Å²) in [6, 6.07) is 3.94. The number of hydrogen-bond donors (Lipinski definition) is 1. The molecule has 0 unspecified atom stereocenters. The number of rotatable bonds is 1. The largest absolute Gasteiger partial charge is 0.306 e. The van der Waals surface area contributed by atoms with Crippen LogP contribution in [0.3, 0.4) is 0 Å². The van der Waals surface area contributed by atoms with Crippen molar-refractivity contribution in [2.75, 3.05) is 0 Å². The fraction of sp³-hybridized carbons (Fsp3) is 0.273. The fourth-order valence-corrected chi connectivity index (χ4v) is 2.64. The summed E-state index contributed by atoms with van der Waals surface area (Å²) in [6.07, 6.45) is 2.87. The van der Waals surface area contributed by atoms with Crippen molar-refractivity contribution in [1.82, 2.24) is 9.97 Å². The van der Waals surface area contributed by atoms with Crippen molar-refractivity contribution in [3.05, 3.63) is 39.1 Å². The molecule has 0 saturated carbocycles. The van der Waals surface area contributed by atoms with Crippen LogP contribution in [0.4, 0.5) is 0 Å². The quantitative estimate of drug-likeness (QED) is 0.795. The van der Waals surface area contributed by atoms with Gasteiger partial charge in [-0.2, -0.15) is 0 Å². The molecule has 1 N–H and O–H groups in total. The first-order chi connectivity index (χ1) is 7.34. The van der Waals surface area contributed by atoms with Gasteiger partial charge in [0, 0.05) is 5.56 Å². The first kappa shape index (κ1) is 8.85. The Hall–Kier alpha value is -1.42. The Labute approximate surface area is 90.8 Å². The van der Waals surface area contributed by atoms with E-state index >= 15 is 0 Å². The summed E-state index contributed by atoms with van der Waals surface area (Å²) in [5, 5.41) is 1.99. The molecule has 0 fully saturated rings. The number of hydrogen-bond acceptors (Lipinski definition) is 3. The summed E-state index contributed by atoms with van der Waals surface area (Å²) in [5.41, 5.74) is 1.92. The lowest BCUT2D eigenvalue weighted by Gasteiger charge is -2.00. The van der Waals surface area contributed by atoms with Crippen LogP contribution in [-0.2, 0) is 12.8 Å². The van der Waals surface area contributed by atoms with Gasteiger partial charge >= 0.3 is 0 Å². The van der Waals surface area contributed by atoms with Gasteiger partial charge in [0.1, 0.15) is 0 Å². The van der Waals surface area contributed by atoms with Gasteiger partial charge < -0.3 is 4.98 Å². The molecule has 1 aliphatic carbocycles. The van der Waals surface area contributed by atoms with Gasteiger partial charge in [-0.05, 0) is 30.7 Å². The Morgan fingerprint density at radius 2 is 2.33 bits per heavy atom. The van der Waals surface area contributed by atoms with Crippen LogP contribution in [0.2, 0.25) is 0 Å². The van der Waals surface area contributed by atoms with E-state index < -0.39 is 0 Å². The van der Waals surface area contributed by atoms with Crippen molar-refractivity contribution in [2.24, 2.45) is 0 Å². The molecule has 15 heavy (non-hydrogen) atoms. The third-order valence-electron chi connectivity index (χ3n) is 2.70. The molecule has 0 saturated heterocycles. The zero-order chi connectivity index (χ0) is 10.3. The molecule has 1 aliphatic rings. The lowest BCUT2D eigenvalue weighted by atomic mass is 10.2. The van der Waals surface area contributed by atoms with Gasteiger partial charge in [0.05, 0.1) is 10.6 Å². The third-order valence-corrected chi connectivity index (χ3v) is 3.57. The lowest BCUT2D eigenvalue weighted by molar-refractivity contribution is 0.899. The second-order valence-corrected chi connectivity index (χ2v) is 4.62. The predicted octanol–water partition coefficient (Wildman–Crippen LogP) is 1.99. The summed E-state index contributed by atoms with van der Waals surface area (Å²) in [5.74, 6) is 0.718. The molecule has 0 bridgehead atoms. The molecule has 76 valence electrons. The van der Waals surface area contributed by atoms with E-state index in [2.05, 4.69) is 9.97 Å². The SMILES string of the molecule is O=c1[nH]c(-c2cccs2)nc2c1CCC2. The van der Waals surface area contributed by atoms with Gasteiger partial charge in [0.25, 0.3) is 5.56 Å². The maximum atomic E-state index is 11.7. The number of H-pyrrole nitrogens is 1. The first-order valence-electron chi connectivity index (χ1n) is 5.00. The van der Waals surface area contributed by atoms with Crippen LogP contribution in [0.5, 0.6) is 0 Å². The molecule has 0 spiro atoms. The summed E-state index contributed by atoms with van der Waals surface area (Å²) < 4.78 is 0. The molecule has 0 aromatic carbocycles. The average Bonchev–Trinajstić information content (AvgIpc) is 2.88. The molecule has 0 atom stereocenters. The zero-order valence-electron chi connectivity index (χ0n) is 8.12. The summed E-state index contributed by atoms with van der Waals surface area (Å²) in [4.78, 5) is 20.1. The maximum absolute atomic E-state index is 11.7. The van der Waals surface area contributed by atoms with E-state index in [4.69, 9.17) is 0 Å². The van der Waals surface area contributed by atoms with E-state index in [9.17, 15) is 4.79 Å². The second-order valence-electron chi connectivity index (χ2n) is 3.67. The van der Waals surface area contributed by atoms with Gasteiger partial charge in [-0.3, -0.25) is 4.79 Å². The van der Waals surface area contributed by atoms with Gasteiger partial charge in [-0.15, -0.1) is 11.3 Å². The highest BCUT2D eigenvalue weighted by molar-refractivity contribution is 7.13. The Morgan fingerprint density at radius 3 is 3.13 bits per heavy atom. The number of aryl methyl sites for hydroxylation is 1. The topological polar surface area (TPSA) is 45.8 Å². The van der Waals surface area contributed by atoms with Crippen molar-refractivity contribution < 1.29 is 0 Å². The monoisotopic (exact) mass is 218 g/mol. The number of fused-ring (bicyclic) bond motifs is 1. The molecule has 3 rings (SSSR count). The molecule has 2 aromatic heterocycles. The van der Waals surface area contributed by atoms with Gasteiger partial charge in [-0.1, -0.05) is 6.07 Å². The van der Waals surface area contributed by atoms with Crippen LogP contribution in [0.25, 0.3) is 10.7 Å². The highest BCUT2D eigenvalue weighted by Gasteiger charge is 2.17. The summed E-state index contributed by atoms with van der Waals surface area (Å²) >= 11 is 1.60. The number of aromatic nitrogens is 2. The molecule has 3 nitrogen and oxygen atoms in total.